The smallest absolute Gasteiger partial charge is 0.259 e. The summed E-state index contributed by atoms with van der Waals surface area (Å²) >= 11 is 13.4. The van der Waals surface area contributed by atoms with E-state index in [2.05, 4.69) is 9.97 Å². The fraction of sp³-hybridized carbons (Fsp3) is 0.333. The van der Waals surface area contributed by atoms with Crippen LogP contribution >= 0.6 is 35.0 Å². The zero-order chi connectivity index (χ0) is 12.8. The maximum Gasteiger partial charge on any atom is 0.259 e. The van der Waals surface area contributed by atoms with E-state index in [1.165, 1.54) is 11.8 Å². The minimum atomic E-state index is -0.579. The Hall–Kier alpha value is -0.710. The molecule has 1 heterocycles. The number of fused-ring (bicyclic) bond motifs is 1. The first kappa shape index (κ1) is 12.3. The first-order chi connectivity index (χ1) is 8.56. The SMILES string of the molecule is O=c1[nH]c(SCC2CC2(Cl)Cl)nc2ccccc12. The number of thioether (sulfide) groups is 1. The predicted octanol–water partition coefficient (Wildman–Crippen LogP) is 3.21. The molecule has 94 valence electrons. The van der Waals surface area contributed by atoms with Crippen molar-refractivity contribution < 1.29 is 0 Å². The Balaban J connectivity index is 1.83. The average Bonchev–Trinajstić information content (AvgIpc) is 2.95. The van der Waals surface area contributed by atoms with Gasteiger partial charge in [0.15, 0.2) is 5.16 Å². The van der Waals surface area contributed by atoms with Gasteiger partial charge in [-0.25, -0.2) is 4.98 Å². The highest BCUT2D eigenvalue weighted by Gasteiger charge is 2.51. The van der Waals surface area contributed by atoms with Crippen LogP contribution in [0.2, 0.25) is 0 Å². The number of benzene rings is 1. The van der Waals surface area contributed by atoms with E-state index < -0.39 is 4.33 Å². The van der Waals surface area contributed by atoms with Gasteiger partial charge in [0.1, 0.15) is 4.33 Å². The number of H-pyrrole nitrogens is 1. The van der Waals surface area contributed by atoms with Crippen LogP contribution in [-0.4, -0.2) is 20.1 Å². The number of nitrogens with zero attached hydrogens (tertiary/aromatic N) is 1. The van der Waals surface area contributed by atoms with Crippen LogP contribution in [-0.2, 0) is 0 Å². The van der Waals surface area contributed by atoms with Crippen molar-refractivity contribution in [2.24, 2.45) is 5.92 Å². The van der Waals surface area contributed by atoms with E-state index in [9.17, 15) is 4.79 Å². The summed E-state index contributed by atoms with van der Waals surface area (Å²) in [5, 5.41) is 1.23. The Morgan fingerprint density at radius 2 is 2.17 bits per heavy atom. The molecule has 1 saturated carbocycles. The second-order valence-corrected chi connectivity index (χ2v) is 6.91. The molecule has 6 heteroatoms. The first-order valence-electron chi connectivity index (χ1n) is 5.56. The topological polar surface area (TPSA) is 45.8 Å². The van der Waals surface area contributed by atoms with E-state index in [4.69, 9.17) is 23.2 Å². The summed E-state index contributed by atoms with van der Waals surface area (Å²) in [6.45, 7) is 0. The van der Waals surface area contributed by atoms with Crippen LogP contribution in [0.4, 0.5) is 0 Å². The number of nitrogens with one attached hydrogen (secondary N) is 1. The summed E-state index contributed by atoms with van der Waals surface area (Å²) in [7, 11) is 0. The molecule has 2 aromatic rings. The van der Waals surface area contributed by atoms with Crippen LogP contribution in [0.1, 0.15) is 6.42 Å². The van der Waals surface area contributed by atoms with Crippen molar-refractivity contribution in [2.45, 2.75) is 15.9 Å². The van der Waals surface area contributed by atoms with Crippen LogP contribution in [0.25, 0.3) is 10.9 Å². The highest BCUT2D eigenvalue weighted by Crippen LogP contribution is 2.54. The Kier molecular flexibility index (Phi) is 3.04. The summed E-state index contributed by atoms with van der Waals surface area (Å²) < 4.78 is -0.579. The quantitative estimate of drug-likeness (QED) is 0.538. The fourth-order valence-corrected chi connectivity index (χ4v) is 3.56. The molecule has 1 N–H and O–H groups in total. The van der Waals surface area contributed by atoms with Gasteiger partial charge in [0.05, 0.1) is 10.9 Å². The van der Waals surface area contributed by atoms with Crippen molar-refractivity contribution in [1.82, 2.24) is 9.97 Å². The second-order valence-electron chi connectivity index (χ2n) is 4.36. The van der Waals surface area contributed by atoms with E-state index in [-0.39, 0.29) is 11.5 Å². The standard InChI is InChI=1S/C12H10Cl2N2OS/c13-12(14)5-7(12)6-18-11-15-9-4-2-1-3-8(9)10(17)16-11/h1-4,7H,5-6H2,(H,15,16,17). The third-order valence-corrected chi connectivity index (χ3v) is 4.93. The Bertz CT molecular complexity index is 656. The lowest BCUT2D eigenvalue weighted by Gasteiger charge is -2.02. The van der Waals surface area contributed by atoms with Crippen molar-refractivity contribution >= 4 is 45.9 Å². The van der Waals surface area contributed by atoms with Gasteiger partial charge in [-0.15, -0.1) is 23.2 Å². The second kappa shape index (κ2) is 4.44. The lowest BCUT2D eigenvalue weighted by atomic mass is 10.2. The van der Waals surface area contributed by atoms with Gasteiger partial charge in [0, 0.05) is 11.7 Å². The van der Waals surface area contributed by atoms with Gasteiger partial charge < -0.3 is 4.98 Å². The maximum atomic E-state index is 11.8. The number of rotatable bonds is 3. The summed E-state index contributed by atoms with van der Waals surface area (Å²) in [6, 6.07) is 7.29. The Labute approximate surface area is 118 Å². The van der Waals surface area contributed by atoms with Crippen molar-refractivity contribution in [1.29, 1.82) is 0 Å². The van der Waals surface area contributed by atoms with Gasteiger partial charge in [-0.05, 0) is 18.6 Å². The van der Waals surface area contributed by atoms with Crippen molar-refractivity contribution in [3.8, 4) is 0 Å². The normalized spacial score (nSPS) is 21.1. The molecular weight excluding hydrogens is 291 g/mol. The first-order valence-corrected chi connectivity index (χ1v) is 7.30. The molecule has 1 aliphatic rings. The highest BCUT2D eigenvalue weighted by atomic mass is 35.5. The number of para-hydroxylation sites is 1. The molecule has 3 nitrogen and oxygen atoms in total. The van der Waals surface area contributed by atoms with Gasteiger partial charge in [0.2, 0.25) is 0 Å². The maximum absolute atomic E-state index is 11.8. The predicted molar refractivity (Wildman–Crippen MR) is 75.6 cm³/mol. The molecule has 1 unspecified atom stereocenters. The number of alkyl halides is 2. The monoisotopic (exact) mass is 300 g/mol. The van der Waals surface area contributed by atoms with Gasteiger partial charge in [-0.1, -0.05) is 23.9 Å². The van der Waals surface area contributed by atoms with Crippen molar-refractivity contribution in [2.75, 3.05) is 5.75 Å². The Morgan fingerprint density at radius 1 is 1.44 bits per heavy atom. The third kappa shape index (κ3) is 2.37. The van der Waals surface area contributed by atoms with Crippen molar-refractivity contribution in [3.63, 3.8) is 0 Å². The largest absolute Gasteiger partial charge is 0.301 e. The van der Waals surface area contributed by atoms with E-state index in [0.717, 1.165) is 12.2 Å². The van der Waals surface area contributed by atoms with Crippen molar-refractivity contribution in [3.05, 3.63) is 34.6 Å². The molecule has 1 aliphatic carbocycles. The minimum absolute atomic E-state index is 0.109. The molecule has 0 saturated heterocycles. The number of hydrogen-bond acceptors (Lipinski definition) is 3. The van der Waals surface area contributed by atoms with Crippen LogP contribution in [0.5, 0.6) is 0 Å². The molecular formula is C12H10Cl2N2OS. The number of aromatic amines is 1. The molecule has 18 heavy (non-hydrogen) atoms. The van der Waals surface area contributed by atoms with Crippen LogP contribution < -0.4 is 5.56 Å². The average molecular weight is 301 g/mol. The van der Waals surface area contributed by atoms with Gasteiger partial charge >= 0.3 is 0 Å². The molecule has 1 aromatic heterocycles. The number of aromatic nitrogens is 2. The molecule has 1 fully saturated rings. The molecule has 0 aliphatic heterocycles. The lowest BCUT2D eigenvalue weighted by molar-refractivity contribution is 0.943. The molecule has 0 radical (unpaired) electrons. The van der Waals surface area contributed by atoms with E-state index in [0.29, 0.717) is 16.1 Å². The minimum Gasteiger partial charge on any atom is -0.301 e. The highest BCUT2D eigenvalue weighted by molar-refractivity contribution is 7.99. The number of halogens is 2. The third-order valence-electron chi connectivity index (χ3n) is 2.97. The molecule has 0 spiro atoms. The zero-order valence-electron chi connectivity index (χ0n) is 9.32. The lowest BCUT2D eigenvalue weighted by Crippen LogP contribution is -2.09. The van der Waals surface area contributed by atoms with E-state index >= 15 is 0 Å². The van der Waals surface area contributed by atoms with E-state index in [1.807, 2.05) is 18.2 Å². The molecule has 0 bridgehead atoms. The molecule has 1 atom stereocenters. The summed E-state index contributed by atoms with van der Waals surface area (Å²) in [4.78, 5) is 19.0. The molecule has 0 amide bonds. The Morgan fingerprint density at radius 3 is 2.89 bits per heavy atom. The van der Waals surface area contributed by atoms with Crippen LogP contribution in [0, 0.1) is 5.92 Å². The van der Waals surface area contributed by atoms with E-state index in [1.54, 1.807) is 6.07 Å². The fourth-order valence-electron chi connectivity index (χ4n) is 1.76. The summed E-state index contributed by atoms with van der Waals surface area (Å²) in [5.41, 5.74) is 0.601. The van der Waals surface area contributed by atoms with Crippen LogP contribution in [0.3, 0.4) is 0 Å². The summed E-state index contributed by atoms with van der Waals surface area (Å²) in [6.07, 6.45) is 0.806. The number of hydrogen-bond donors (Lipinski definition) is 1. The molecule has 1 aromatic carbocycles. The summed E-state index contributed by atoms with van der Waals surface area (Å²) in [5.74, 6) is 1.05. The van der Waals surface area contributed by atoms with Gasteiger partial charge in [-0.3, -0.25) is 4.79 Å². The van der Waals surface area contributed by atoms with Gasteiger partial charge in [0.25, 0.3) is 5.56 Å². The molecule has 3 rings (SSSR count). The zero-order valence-corrected chi connectivity index (χ0v) is 11.6. The van der Waals surface area contributed by atoms with Crippen LogP contribution in [0.15, 0.2) is 34.2 Å². The van der Waals surface area contributed by atoms with Gasteiger partial charge in [-0.2, -0.15) is 0 Å².